The maximum absolute atomic E-state index is 10.5. The molecule has 2 rings (SSSR count). The second-order valence-electron chi connectivity index (χ2n) is 2.88. The lowest BCUT2D eigenvalue weighted by molar-refractivity contribution is -0.137. The summed E-state index contributed by atoms with van der Waals surface area (Å²) in [6, 6.07) is 3.60. The number of fused-ring (bicyclic) bond motifs is 1. The van der Waals surface area contributed by atoms with E-state index in [0.717, 1.165) is 5.39 Å². The zero-order valence-electron chi connectivity index (χ0n) is 7.14. The van der Waals surface area contributed by atoms with Crippen LogP contribution < -0.4 is 0 Å². The molecule has 0 spiro atoms. The lowest BCUT2D eigenvalue weighted by Gasteiger charge is -2.01. The monoisotopic (exact) mass is 210 g/mol. The average Bonchev–Trinajstić information content (AvgIpc) is 2.49. The number of nitrogens with zero attached hydrogens (tertiary/aromatic N) is 2. The van der Waals surface area contributed by atoms with Crippen LogP contribution in [0.1, 0.15) is 0 Å². The van der Waals surface area contributed by atoms with Crippen LogP contribution in [-0.2, 0) is 11.3 Å². The number of carbonyl (C=O) groups is 1. The molecule has 4 nitrogen and oxygen atoms in total. The highest BCUT2D eigenvalue weighted by molar-refractivity contribution is 6.33. The highest BCUT2D eigenvalue weighted by atomic mass is 35.5. The number of carboxylic acid groups (broad SMARTS) is 1. The van der Waals surface area contributed by atoms with Gasteiger partial charge < -0.3 is 9.67 Å². The molecule has 5 heteroatoms. The Morgan fingerprint density at radius 3 is 3.07 bits per heavy atom. The summed E-state index contributed by atoms with van der Waals surface area (Å²) in [4.78, 5) is 14.4. The Labute approximate surface area is 84.7 Å². The van der Waals surface area contributed by atoms with Crippen LogP contribution in [0.3, 0.4) is 0 Å². The van der Waals surface area contributed by atoms with Crippen LogP contribution in [0.25, 0.3) is 10.9 Å². The number of hydrogen-bond acceptors (Lipinski definition) is 2. The topological polar surface area (TPSA) is 55.1 Å². The summed E-state index contributed by atoms with van der Waals surface area (Å²) < 4.78 is 1.56. The summed E-state index contributed by atoms with van der Waals surface area (Å²) in [6.45, 7) is -0.102. The van der Waals surface area contributed by atoms with Crippen LogP contribution in [0.15, 0.2) is 24.5 Å². The average molecular weight is 211 g/mol. The first-order valence-corrected chi connectivity index (χ1v) is 4.37. The van der Waals surface area contributed by atoms with Crippen LogP contribution in [0.4, 0.5) is 0 Å². The molecule has 0 bridgehead atoms. The van der Waals surface area contributed by atoms with Crippen molar-refractivity contribution in [3.8, 4) is 0 Å². The molecule has 0 aromatic carbocycles. The Kier molecular flexibility index (Phi) is 2.13. The lowest BCUT2D eigenvalue weighted by Crippen LogP contribution is -2.07. The molecule has 72 valence electrons. The van der Waals surface area contributed by atoms with Gasteiger partial charge in [0.2, 0.25) is 0 Å². The molecular formula is C9H7ClN2O2. The molecule has 14 heavy (non-hydrogen) atoms. The third kappa shape index (κ3) is 1.44. The summed E-state index contributed by atoms with van der Waals surface area (Å²) in [5, 5.41) is 9.87. The number of rotatable bonds is 2. The minimum atomic E-state index is -0.901. The summed E-state index contributed by atoms with van der Waals surface area (Å²) >= 11 is 5.86. The number of hydrogen-bond donors (Lipinski definition) is 1. The Morgan fingerprint density at radius 1 is 1.57 bits per heavy atom. The molecule has 2 heterocycles. The zero-order valence-corrected chi connectivity index (χ0v) is 7.90. The van der Waals surface area contributed by atoms with Gasteiger partial charge in [-0.15, -0.1) is 0 Å². The van der Waals surface area contributed by atoms with E-state index >= 15 is 0 Å². The molecule has 2 aromatic heterocycles. The predicted octanol–water partition coefficient (Wildman–Crippen LogP) is 1.77. The van der Waals surface area contributed by atoms with Crippen molar-refractivity contribution in [1.82, 2.24) is 9.55 Å². The number of aromatic nitrogens is 2. The molecular weight excluding hydrogens is 204 g/mol. The van der Waals surface area contributed by atoms with E-state index in [0.29, 0.717) is 10.7 Å². The summed E-state index contributed by atoms with van der Waals surface area (Å²) in [5.74, 6) is -0.901. The zero-order chi connectivity index (χ0) is 10.1. The van der Waals surface area contributed by atoms with Gasteiger partial charge in [-0.25, -0.2) is 4.98 Å². The van der Waals surface area contributed by atoms with Gasteiger partial charge in [-0.05, 0) is 12.1 Å². The fraction of sp³-hybridized carbons (Fsp3) is 0.111. The first-order chi connectivity index (χ1) is 6.68. The third-order valence-electron chi connectivity index (χ3n) is 1.94. The molecule has 0 saturated heterocycles. The van der Waals surface area contributed by atoms with Gasteiger partial charge in [-0.3, -0.25) is 4.79 Å². The minimum Gasteiger partial charge on any atom is -0.480 e. The molecule has 0 aliphatic heterocycles. The van der Waals surface area contributed by atoms with Gasteiger partial charge in [0, 0.05) is 17.8 Å². The van der Waals surface area contributed by atoms with Gasteiger partial charge in [-0.1, -0.05) is 11.6 Å². The van der Waals surface area contributed by atoms with Gasteiger partial charge in [0.25, 0.3) is 0 Å². The van der Waals surface area contributed by atoms with E-state index in [9.17, 15) is 4.79 Å². The normalized spacial score (nSPS) is 10.6. The van der Waals surface area contributed by atoms with E-state index in [1.54, 1.807) is 23.0 Å². The van der Waals surface area contributed by atoms with Crippen molar-refractivity contribution in [1.29, 1.82) is 0 Å². The summed E-state index contributed by atoms with van der Waals surface area (Å²) in [5.41, 5.74) is 0.663. The van der Waals surface area contributed by atoms with Crippen LogP contribution in [0, 0.1) is 0 Å². The van der Waals surface area contributed by atoms with Gasteiger partial charge in [0.05, 0.1) is 5.52 Å². The quantitative estimate of drug-likeness (QED) is 0.769. The smallest absolute Gasteiger partial charge is 0.323 e. The fourth-order valence-electron chi connectivity index (χ4n) is 1.38. The molecule has 0 aliphatic rings. The van der Waals surface area contributed by atoms with Crippen molar-refractivity contribution in [2.75, 3.05) is 0 Å². The first-order valence-electron chi connectivity index (χ1n) is 3.99. The van der Waals surface area contributed by atoms with Gasteiger partial charge in [0.1, 0.15) is 6.54 Å². The van der Waals surface area contributed by atoms with E-state index in [4.69, 9.17) is 16.7 Å². The molecule has 1 N–H and O–H groups in total. The van der Waals surface area contributed by atoms with Crippen molar-refractivity contribution < 1.29 is 9.90 Å². The first kappa shape index (κ1) is 9.02. The molecule has 0 aliphatic carbocycles. The van der Waals surface area contributed by atoms with Crippen LogP contribution in [0.5, 0.6) is 0 Å². The van der Waals surface area contributed by atoms with Crippen LogP contribution in [0.2, 0.25) is 5.15 Å². The highest BCUT2D eigenvalue weighted by Gasteiger charge is 2.07. The number of carboxylic acids is 1. The van der Waals surface area contributed by atoms with Crippen molar-refractivity contribution in [3.05, 3.63) is 29.7 Å². The van der Waals surface area contributed by atoms with E-state index in [-0.39, 0.29) is 6.54 Å². The Hall–Kier alpha value is -1.55. The number of aliphatic carboxylic acids is 1. The minimum absolute atomic E-state index is 0.102. The Morgan fingerprint density at radius 2 is 2.36 bits per heavy atom. The van der Waals surface area contributed by atoms with E-state index in [1.807, 2.05) is 6.07 Å². The predicted molar refractivity (Wildman–Crippen MR) is 52.4 cm³/mol. The van der Waals surface area contributed by atoms with Crippen molar-refractivity contribution >= 4 is 28.5 Å². The standard InChI is InChI=1S/C9H7ClN2O2/c10-9-8-6(1-3-11-9)2-4-12(8)5-7(13)14/h1-4H,5H2,(H,13,14). The van der Waals surface area contributed by atoms with Gasteiger partial charge >= 0.3 is 5.97 Å². The second kappa shape index (κ2) is 3.31. The van der Waals surface area contributed by atoms with E-state index < -0.39 is 5.97 Å². The fourth-order valence-corrected chi connectivity index (χ4v) is 1.66. The highest BCUT2D eigenvalue weighted by Crippen LogP contribution is 2.21. The molecule has 0 fully saturated rings. The SMILES string of the molecule is O=C(O)Cn1ccc2ccnc(Cl)c21. The largest absolute Gasteiger partial charge is 0.480 e. The third-order valence-corrected chi connectivity index (χ3v) is 2.21. The van der Waals surface area contributed by atoms with Gasteiger partial charge in [0.15, 0.2) is 5.15 Å². The number of halogens is 1. The second-order valence-corrected chi connectivity index (χ2v) is 3.23. The van der Waals surface area contributed by atoms with E-state index in [1.165, 1.54) is 0 Å². The summed E-state index contributed by atoms with van der Waals surface area (Å²) in [7, 11) is 0. The lowest BCUT2D eigenvalue weighted by atomic mass is 10.3. The van der Waals surface area contributed by atoms with Crippen molar-refractivity contribution in [3.63, 3.8) is 0 Å². The van der Waals surface area contributed by atoms with Crippen LogP contribution >= 0.6 is 11.6 Å². The molecule has 0 amide bonds. The maximum Gasteiger partial charge on any atom is 0.323 e. The van der Waals surface area contributed by atoms with Crippen LogP contribution in [-0.4, -0.2) is 20.6 Å². The Balaban J connectivity index is 2.61. The van der Waals surface area contributed by atoms with Crippen molar-refractivity contribution in [2.24, 2.45) is 0 Å². The number of pyridine rings is 1. The molecule has 0 atom stereocenters. The van der Waals surface area contributed by atoms with Gasteiger partial charge in [-0.2, -0.15) is 0 Å². The molecule has 0 unspecified atom stereocenters. The maximum atomic E-state index is 10.5. The molecule has 0 saturated carbocycles. The summed E-state index contributed by atoms with van der Waals surface area (Å²) in [6.07, 6.45) is 3.28. The van der Waals surface area contributed by atoms with E-state index in [2.05, 4.69) is 4.98 Å². The molecule has 2 aromatic rings. The Bertz CT molecular complexity index is 493. The molecule has 0 radical (unpaired) electrons. The van der Waals surface area contributed by atoms with Crippen molar-refractivity contribution in [2.45, 2.75) is 6.54 Å².